The maximum atomic E-state index is 12.1. The van der Waals surface area contributed by atoms with Gasteiger partial charge in [0.2, 0.25) is 11.0 Å². The number of benzene rings is 1. The van der Waals surface area contributed by atoms with Gasteiger partial charge in [-0.25, -0.2) is 0 Å². The molecular formula is C16H18N4O3S. The van der Waals surface area contributed by atoms with Crippen molar-refractivity contribution in [3.05, 3.63) is 35.5 Å². The van der Waals surface area contributed by atoms with E-state index in [2.05, 4.69) is 15.5 Å². The van der Waals surface area contributed by atoms with Gasteiger partial charge in [-0.3, -0.25) is 4.79 Å². The molecule has 0 bridgehead atoms. The van der Waals surface area contributed by atoms with Gasteiger partial charge in [0.05, 0.1) is 12.6 Å². The van der Waals surface area contributed by atoms with E-state index < -0.39 is 0 Å². The quantitative estimate of drug-likeness (QED) is 0.711. The van der Waals surface area contributed by atoms with Crippen LogP contribution in [0.25, 0.3) is 10.9 Å². The number of rotatable bonds is 7. The van der Waals surface area contributed by atoms with E-state index in [0.717, 1.165) is 21.7 Å². The molecule has 0 unspecified atom stereocenters. The number of nitrogens with one attached hydrogen (secondary N) is 1. The number of methoxy groups -OCH3 is 2. The molecule has 1 aromatic carbocycles. The maximum Gasteiger partial charge on any atom is 0.227 e. The van der Waals surface area contributed by atoms with Crippen molar-refractivity contribution in [1.29, 1.82) is 0 Å². The van der Waals surface area contributed by atoms with Crippen LogP contribution in [0.4, 0.5) is 5.13 Å². The number of aromatic nitrogens is 3. The van der Waals surface area contributed by atoms with Crippen LogP contribution in [0.3, 0.4) is 0 Å². The normalized spacial score (nSPS) is 10.9. The smallest absolute Gasteiger partial charge is 0.227 e. The largest absolute Gasteiger partial charge is 0.496 e. The van der Waals surface area contributed by atoms with Crippen LogP contribution in [0.2, 0.25) is 0 Å². The summed E-state index contributed by atoms with van der Waals surface area (Å²) in [5.41, 5.74) is 1.04. The van der Waals surface area contributed by atoms with Crippen LogP contribution < -0.4 is 10.1 Å². The molecule has 0 atom stereocenters. The number of nitrogens with zero attached hydrogens (tertiary/aromatic N) is 3. The number of fused-ring (bicyclic) bond motifs is 1. The van der Waals surface area contributed by atoms with Gasteiger partial charge >= 0.3 is 0 Å². The summed E-state index contributed by atoms with van der Waals surface area (Å²) in [5.74, 6) is 0.732. The fourth-order valence-corrected chi connectivity index (χ4v) is 3.19. The number of anilines is 1. The molecule has 126 valence electrons. The summed E-state index contributed by atoms with van der Waals surface area (Å²) in [5, 5.41) is 12.9. The first kappa shape index (κ1) is 16.4. The molecule has 0 radical (unpaired) electrons. The second-order valence-corrected chi connectivity index (χ2v) is 6.20. The number of carbonyl (C=O) groups excluding carboxylic acids is 1. The average Bonchev–Trinajstić information content (AvgIpc) is 3.20. The minimum Gasteiger partial charge on any atom is -0.496 e. The standard InChI is InChI=1S/C16H18N4O3S/c1-22-10-15-18-19-16(24-15)17-14(21)7-9-20-8-6-11-12(20)4-3-5-13(11)23-2/h3-6,8H,7,9-10H2,1-2H3,(H,17,19,21). The molecule has 1 amide bonds. The Bertz CT molecular complexity index is 843. The number of hydrogen-bond acceptors (Lipinski definition) is 6. The molecule has 7 nitrogen and oxygen atoms in total. The fraction of sp³-hybridized carbons (Fsp3) is 0.312. The minimum atomic E-state index is -0.0973. The highest BCUT2D eigenvalue weighted by atomic mass is 32.1. The summed E-state index contributed by atoms with van der Waals surface area (Å²) >= 11 is 1.31. The molecule has 0 spiro atoms. The molecule has 0 aliphatic rings. The van der Waals surface area contributed by atoms with Gasteiger partial charge in [-0.2, -0.15) is 0 Å². The van der Waals surface area contributed by atoms with Gasteiger partial charge in [0.15, 0.2) is 0 Å². The number of aryl methyl sites for hydroxylation is 1. The Morgan fingerprint density at radius 2 is 2.17 bits per heavy atom. The van der Waals surface area contributed by atoms with Crippen molar-refractivity contribution >= 4 is 33.3 Å². The number of amides is 1. The summed E-state index contributed by atoms with van der Waals surface area (Å²) in [6.45, 7) is 0.969. The molecule has 0 saturated heterocycles. The summed E-state index contributed by atoms with van der Waals surface area (Å²) in [6, 6.07) is 7.87. The van der Waals surface area contributed by atoms with Crippen molar-refractivity contribution in [3.63, 3.8) is 0 Å². The van der Waals surface area contributed by atoms with Crippen molar-refractivity contribution in [2.75, 3.05) is 19.5 Å². The van der Waals surface area contributed by atoms with Gasteiger partial charge in [-0.15, -0.1) is 10.2 Å². The third-order valence-electron chi connectivity index (χ3n) is 3.55. The zero-order valence-corrected chi connectivity index (χ0v) is 14.3. The maximum absolute atomic E-state index is 12.1. The molecule has 2 heterocycles. The Morgan fingerprint density at radius 1 is 1.29 bits per heavy atom. The molecular weight excluding hydrogens is 328 g/mol. The summed E-state index contributed by atoms with van der Waals surface area (Å²) in [7, 11) is 3.25. The summed E-state index contributed by atoms with van der Waals surface area (Å²) in [4.78, 5) is 12.1. The predicted octanol–water partition coefficient (Wildman–Crippen LogP) is 2.68. The van der Waals surface area contributed by atoms with E-state index in [1.54, 1.807) is 14.2 Å². The first-order valence-electron chi connectivity index (χ1n) is 7.44. The number of hydrogen-bond donors (Lipinski definition) is 1. The van der Waals surface area contributed by atoms with E-state index in [4.69, 9.17) is 9.47 Å². The first-order valence-corrected chi connectivity index (χ1v) is 8.26. The van der Waals surface area contributed by atoms with Gasteiger partial charge in [-0.1, -0.05) is 17.4 Å². The molecule has 1 N–H and O–H groups in total. The van der Waals surface area contributed by atoms with Crippen LogP contribution in [-0.2, 0) is 22.7 Å². The molecule has 2 aromatic heterocycles. The van der Waals surface area contributed by atoms with Gasteiger partial charge in [-0.05, 0) is 18.2 Å². The molecule has 0 fully saturated rings. The molecule has 3 aromatic rings. The molecule has 0 aliphatic heterocycles. The van der Waals surface area contributed by atoms with Crippen LogP contribution in [-0.4, -0.2) is 34.9 Å². The van der Waals surface area contributed by atoms with Crippen molar-refractivity contribution in [2.45, 2.75) is 19.6 Å². The summed E-state index contributed by atoms with van der Waals surface area (Å²) in [6.07, 6.45) is 2.31. The van der Waals surface area contributed by atoms with Crippen LogP contribution in [0.15, 0.2) is 30.5 Å². The summed E-state index contributed by atoms with van der Waals surface area (Å²) < 4.78 is 12.4. The lowest BCUT2D eigenvalue weighted by atomic mass is 10.2. The van der Waals surface area contributed by atoms with Crippen molar-refractivity contribution in [3.8, 4) is 5.75 Å². The van der Waals surface area contributed by atoms with E-state index in [1.165, 1.54) is 11.3 Å². The Hall–Kier alpha value is -2.45. The second kappa shape index (κ2) is 7.41. The van der Waals surface area contributed by atoms with Gasteiger partial charge in [0.1, 0.15) is 17.4 Å². The van der Waals surface area contributed by atoms with Crippen LogP contribution >= 0.6 is 11.3 Å². The van der Waals surface area contributed by atoms with Gasteiger partial charge < -0.3 is 19.4 Å². The van der Waals surface area contributed by atoms with E-state index in [0.29, 0.717) is 24.7 Å². The van der Waals surface area contributed by atoms with Crippen LogP contribution in [0, 0.1) is 0 Å². The van der Waals surface area contributed by atoms with E-state index in [1.807, 2.05) is 35.0 Å². The van der Waals surface area contributed by atoms with E-state index >= 15 is 0 Å². The average molecular weight is 346 g/mol. The van der Waals surface area contributed by atoms with Crippen LogP contribution in [0.5, 0.6) is 5.75 Å². The topological polar surface area (TPSA) is 78.3 Å². The lowest BCUT2D eigenvalue weighted by Crippen LogP contribution is -2.14. The number of ether oxygens (including phenoxy) is 2. The monoisotopic (exact) mass is 346 g/mol. The third-order valence-corrected chi connectivity index (χ3v) is 4.37. The highest BCUT2D eigenvalue weighted by Crippen LogP contribution is 2.26. The lowest BCUT2D eigenvalue weighted by Gasteiger charge is -2.06. The molecule has 8 heteroatoms. The Balaban J connectivity index is 1.62. The first-order chi connectivity index (χ1) is 11.7. The zero-order valence-electron chi connectivity index (χ0n) is 13.5. The Labute approximate surface area is 143 Å². The Morgan fingerprint density at radius 3 is 2.96 bits per heavy atom. The molecule has 24 heavy (non-hydrogen) atoms. The number of carbonyl (C=O) groups is 1. The fourth-order valence-electron chi connectivity index (χ4n) is 2.46. The molecule has 3 rings (SSSR count). The third kappa shape index (κ3) is 3.55. The minimum absolute atomic E-state index is 0.0973. The molecule has 0 aliphatic carbocycles. The van der Waals surface area contributed by atoms with Crippen molar-refractivity contribution in [1.82, 2.24) is 14.8 Å². The lowest BCUT2D eigenvalue weighted by molar-refractivity contribution is -0.116. The van der Waals surface area contributed by atoms with Gasteiger partial charge in [0, 0.05) is 31.7 Å². The van der Waals surface area contributed by atoms with E-state index in [9.17, 15) is 4.79 Å². The molecule has 0 saturated carbocycles. The highest BCUT2D eigenvalue weighted by Gasteiger charge is 2.10. The Kier molecular flexibility index (Phi) is 5.07. The zero-order chi connectivity index (χ0) is 16.9. The van der Waals surface area contributed by atoms with Gasteiger partial charge in [0.25, 0.3) is 0 Å². The second-order valence-electron chi connectivity index (χ2n) is 5.13. The van der Waals surface area contributed by atoms with Crippen molar-refractivity contribution in [2.24, 2.45) is 0 Å². The predicted molar refractivity (Wildman–Crippen MR) is 92.4 cm³/mol. The van der Waals surface area contributed by atoms with Crippen molar-refractivity contribution < 1.29 is 14.3 Å². The highest BCUT2D eigenvalue weighted by molar-refractivity contribution is 7.15. The van der Waals surface area contributed by atoms with E-state index in [-0.39, 0.29) is 5.91 Å². The SMILES string of the molecule is COCc1nnc(NC(=O)CCn2ccc3c(OC)cccc32)s1. The van der Waals surface area contributed by atoms with Crippen LogP contribution in [0.1, 0.15) is 11.4 Å².